The predicted octanol–water partition coefficient (Wildman–Crippen LogP) is 1.40. The molecule has 0 radical (unpaired) electrons. The molecule has 0 aromatic carbocycles. The van der Waals surface area contributed by atoms with E-state index < -0.39 is 0 Å². The summed E-state index contributed by atoms with van der Waals surface area (Å²) in [5, 5.41) is 8.86. The van der Waals surface area contributed by atoms with Crippen LogP contribution in [-0.2, 0) is 0 Å². The Morgan fingerprint density at radius 2 is 2.23 bits per heavy atom. The van der Waals surface area contributed by atoms with Crippen molar-refractivity contribution < 1.29 is 9.52 Å². The van der Waals surface area contributed by atoms with Gasteiger partial charge in [-0.05, 0) is 32.4 Å². The molecule has 74 valence electrons. The molecule has 0 aliphatic carbocycles. The number of aliphatic hydroxyl groups is 1. The second-order valence-corrected chi connectivity index (χ2v) is 3.43. The molecule has 0 spiro atoms. The lowest BCUT2D eigenvalue weighted by Crippen LogP contribution is -2.25. The minimum absolute atomic E-state index is 0.0118. The Bertz CT molecular complexity index is 255. The molecule has 3 N–H and O–H groups in total. The van der Waals surface area contributed by atoms with E-state index in [1.807, 2.05) is 26.0 Å². The van der Waals surface area contributed by atoms with Gasteiger partial charge in [0, 0.05) is 18.6 Å². The van der Waals surface area contributed by atoms with Crippen LogP contribution in [0.1, 0.15) is 30.8 Å². The molecule has 0 fully saturated rings. The average molecular weight is 183 g/mol. The first-order valence-electron chi connectivity index (χ1n) is 4.58. The van der Waals surface area contributed by atoms with Crippen molar-refractivity contribution in [2.24, 2.45) is 5.73 Å². The van der Waals surface area contributed by atoms with Crippen LogP contribution < -0.4 is 5.73 Å². The van der Waals surface area contributed by atoms with Gasteiger partial charge in [-0.15, -0.1) is 0 Å². The first-order valence-corrected chi connectivity index (χ1v) is 4.58. The van der Waals surface area contributed by atoms with Gasteiger partial charge in [0.05, 0.1) is 0 Å². The van der Waals surface area contributed by atoms with E-state index in [4.69, 9.17) is 15.3 Å². The lowest BCUT2D eigenvalue weighted by atomic mass is 9.96. The Kier molecular flexibility index (Phi) is 3.51. The first-order chi connectivity index (χ1) is 6.15. The van der Waals surface area contributed by atoms with Gasteiger partial charge in [-0.25, -0.2) is 0 Å². The highest BCUT2D eigenvalue weighted by Gasteiger charge is 2.18. The lowest BCUT2D eigenvalue weighted by Gasteiger charge is -2.16. The zero-order valence-electron chi connectivity index (χ0n) is 8.16. The molecule has 0 saturated carbocycles. The van der Waals surface area contributed by atoms with Crippen molar-refractivity contribution in [3.05, 3.63) is 23.7 Å². The van der Waals surface area contributed by atoms with Crippen molar-refractivity contribution in [3.8, 4) is 0 Å². The Hall–Kier alpha value is -0.800. The number of aryl methyl sites for hydroxylation is 1. The summed E-state index contributed by atoms with van der Waals surface area (Å²) in [6, 6.07) is 3.86. The summed E-state index contributed by atoms with van der Waals surface area (Å²) < 4.78 is 5.47. The van der Waals surface area contributed by atoms with E-state index >= 15 is 0 Å². The minimum Gasteiger partial charge on any atom is -0.466 e. The molecule has 13 heavy (non-hydrogen) atoms. The van der Waals surface area contributed by atoms with Crippen molar-refractivity contribution in [2.75, 3.05) is 6.61 Å². The van der Waals surface area contributed by atoms with Crippen LogP contribution in [0.5, 0.6) is 0 Å². The average Bonchev–Trinajstić information content (AvgIpc) is 2.46. The molecular weight excluding hydrogens is 166 g/mol. The zero-order chi connectivity index (χ0) is 9.84. The number of furan rings is 1. The fraction of sp³-hybridized carbons (Fsp3) is 0.600. The number of hydrogen-bond acceptors (Lipinski definition) is 3. The van der Waals surface area contributed by atoms with Crippen molar-refractivity contribution in [3.63, 3.8) is 0 Å². The minimum atomic E-state index is 0.0118. The van der Waals surface area contributed by atoms with Crippen LogP contribution in [0.25, 0.3) is 0 Å². The molecule has 3 nitrogen and oxygen atoms in total. The molecule has 0 amide bonds. The van der Waals surface area contributed by atoms with Crippen molar-refractivity contribution >= 4 is 0 Å². The van der Waals surface area contributed by atoms with Crippen LogP contribution in [0.3, 0.4) is 0 Å². The summed E-state index contributed by atoms with van der Waals surface area (Å²) in [5.41, 5.74) is 5.79. The molecule has 1 heterocycles. The SMILES string of the molecule is Cc1ccc(C(CCO)C(C)N)o1. The first kappa shape index (κ1) is 10.3. The van der Waals surface area contributed by atoms with Crippen LogP contribution in [0.4, 0.5) is 0 Å². The third-order valence-corrected chi connectivity index (χ3v) is 2.20. The summed E-state index contributed by atoms with van der Waals surface area (Å²) >= 11 is 0. The van der Waals surface area contributed by atoms with E-state index in [-0.39, 0.29) is 18.6 Å². The van der Waals surface area contributed by atoms with Crippen molar-refractivity contribution in [2.45, 2.75) is 32.2 Å². The molecule has 1 aromatic rings. The standard InChI is InChI=1S/C10H17NO2/c1-7-3-4-10(13-7)9(5-6-12)8(2)11/h3-4,8-9,12H,5-6,11H2,1-2H3. The molecule has 0 aliphatic rings. The second kappa shape index (κ2) is 4.44. The highest BCUT2D eigenvalue weighted by Crippen LogP contribution is 2.23. The maximum absolute atomic E-state index is 8.86. The third-order valence-electron chi connectivity index (χ3n) is 2.20. The van der Waals surface area contributed by atoms with E-state index in [0.717, 1.165) is 11.5 Å². The molecule has 2 unspecified atom stereocenters. The Morgan fingerprint density at radius 3 is 2.62 bits per heavy atom. The summed E-state index contributed by atoms with van der Waals surface area (Å²) in [4.78, 5) is 0. The van der Waals surface area contributed by atoms with E-state index in [1.54, 1.807) is 0 Å². The smallest absolute Gasteiger partial charge is 0.108 e. The second-order valence-electron chi connectivity index (χ2n) is 3.43. The van der Waals surface area contributed by atoms with Gasteiger partial charge < -0.3 is 15.3 Å². The van der Waals surface area contributed by atoms with Gasteiger partial charge in [-0.3, -0.25) is 0 Å². The van der Waals surface area contributed by atoms with Crippen LogP contribution >= 0.6 is 0 Å². The summed E-state index contributed by atoms with van der Waals surface area (Å²) in [6.45, 7) is 3.98. The van der Waals surface area contributed by atoms with Gasteiger partial charge in [-0.2, -0.15) is 0 Å². The van der Waals surface area contributed by atoms with Gasteiger partial charge >= 0.3 is 0 Å². The fourth-order valence-electron chi connectivity index (χ4n) is 1.46. The molecular formula is C10H17NO2. The maximum Gasteiger partial charge on any atom is 0.108 e. The maximum atomic E-state index is 8.86. The van der Waals surface area contributed by atoms with Gasteiger partial charge in [0.15, 0.2) is 0 Å². The Labute approximate surface area is 78.5 Å². The molecule has 1 rings (SSSR count). The number of hydrogen-bond donors (Lipinski definition) is 2. The predicted molar refractivity (Wildman–Crippen MR) is 51.5 cm³/mol. The lowest BCUT2D eigenvalue weighted by molar-refractivity contribution is 0.258. The summed E-state index contributed by atoms with van der Waals surface area (Å²) in [6.07, 6.45) is 0.657. The normalized spacial score (nSPS) is 15.7. The van der Waals surface area contributed by atoms with Crippen LogP contribution in [0.2, 0.25) is 0 Å². The highest BCUT2D eigenvalue weighted by molar-refractivity contribution is 5.12. The Morgan fingerprint density at radius 1 is 1.54 bits per heavy atom. The molecule has 0 bridgehead atoms. The van der Waals surface area contributed by atoms with Gasteiger partial charge in [0.25, 0.3) is 0 Å². The van der Waals surface area contributed by atoms with E-state index in [2.05, 4.69) is 0 Å². The van der Waals surface area contributed by atoms with Crippen molar-refractivity contribution in [1.82, 2.24) is 0 Å². The van der Waals surface area contributed by atoms with Crippen molar-refractivity contribution in [1.29, 1.82) is 0 Å². The van der Waals surface area contributed by atoms with Crippen LogP contribution in [0, 0.1) is 6.92 Å². The number of nitrogens with two attached hydrogens (primary N) is 1. The van der Waals surface area contributed by atoms with E-state index in [9.17, 15) is 0 Å². The molecule has 0 aliphatic heterocycles. The summed E-state index contributed by atoms with van der Waals surface area (Å²) in [7, 11) is 0. The third kappa shape index (κ3) is 2.57. The van der Waals surface area contributed by atoms with Gasteiger partial charge in [0.1, 0.15) is 11.5 Å². The quantitative estimate of drug-likeness (QED) is 0.741. The van der Waals surface area contributed by atoms with Gasteiger partial charge in [-0.1, -0.05) is 0 Å². The van der Waals surface area contributed by atoms with Crippen LogP contribution in [-0.4, -0.2) is 17.8 Å². The van der Waals surface area contributed by atoms with Crippen LogP contribution in [0.15, 0.2) is 16.5 Å². The highest BCUT2D eigenvalue weighted by atomic mass is 16.3. The van der Waals surface area contributed by atoms with E-state index in [1.165, 1.54) is 0 Å². The molecule has 0 saturated heterocycles. The molecule has 2 atom stereocenters. The zero-order valence-corrected chi connectivity index (χ0v) is 8.16. The summed E-state index contributed by atoms with van der Waals surface area (Å²) in [5.74, 6) is 1.89. The number of rotatable bonds is 4. The monoisotopic (exact) mass is 183 g/mol. The number of aliphatic hydroxyl groups excluding tert-OH is 1. The Balaban J connectivity index is 2.75. The largest absolute Gasteiger partial charge is 0.466 e. The topological polar surface area (TPSA) is 59.4 Å². The fourth-order valence-corrected chi connectivity index (χ4v) is 1.46. The molecule has 1 aromatic heterocycles. The molecule has 3 heteroatoms. The van der Waals surface area contributed by atoms with E-state index in [0.29, 0.717) is 6.42 Å². The van der Waals surface area contributed by atoms with Gasteiger partial charge in [0.2, 0.25) is 0 Å².